The Hall–Kier alpha value is -2.63. The molecule has 1 amide bonds. The molecule has 0 bridgehead atoms. The Bertz CT molecular complexity index is 894. The molecule has 0 saturated carbocycles. The van der Waals surface area contributed by atoms with E-state index in [1.165, 1.54) is 0 Å². The molecule has 24 heavy (non-hydrogen) atoms. The molecule has 1 atom stereocenters. The first-order valence-corrected chi connectivity index (χ1v) is 8.40. The SMILES string of the molecule is Cc1cn[nH]c1[C@@H]1CCCCN1C(=O)c1cn2c(C)cccc2n1. The van der Waals surface area contributed by atoms with Crippen LogP contribution in [0.25, 0.3) is 5.65 Å². The fraction of sp³-hybridized carbons (Fsp3) is 0.389. The molecule has 0 radical (unpaired) electrons. The molecule has 0 spiro atoms. The van der Waals surface area contributed by atoms with Gasteiger partial charge in [-0.15, -0.1) is 0 Å². The lowest BCUT2D eigenvalue weighted by Gasteiger charge is -2.35. The van der Waals surface area contributed by atoms with Crippen molar-refractivity contribution in [3.05, 3.63) is 53.2 Å². The van der Waals surface area contributed by atoms with Crippen LogP contribution in [-0.2, 0) is 0 Å². The minimum Gasteiger partial charge on any atom is -0.329 e. The standard InChI is InChI=1S/C18H21N5O/c1-12-10-19-21-17(12)15-7-3-4-9-22(15)18(24)14-11-23-13(2)6-5-8-16(23)20-14/h5-6,8,10-11,15H,3-4,7,9H2,1-2H3,(H,19,21)/t15-/m0/s1. The van der Waals surface area contributed by atoms with Gasteiger partial charge in [-0.3, -0.25) is 9.89 Å². The average molecular weight is 323 g/mol. The topological polar surface area (TPSA) is 66.3 Å². The van der Waals surface area contributed by atoms with Gasteiger partial charge in [0.2, 0.25) is 0 Å². The fourth-order valence-corrected chi connectivity index (χ4v) is 3.57. The van der Waals surface area contributed by atoms with E-state index in [4.69, 9.17) is 0 Å². The molecule has 0 unspecified atom stereocenters. The monoisotopic (exact) mass is 323 g/mol. The van der Waals surface area contributed by atoms with Gasteiger partial charge in [0.1, 0.15) is 11.3 Å². The summed E-state index contributed by atoms with van der Waals surface area (Å²) in [5.74, 6) is -0.00296. The Morgan fingerprint density at radius 1 is 1.29 bits per heavy atom. The van der Waals surface area contributed by atoms with E-state index >= 15 is 0 Å². The van der Waals surface area contributed by atoms with E-state index in [1.54, 1.807) is 0 Å². The number of hydrogen-bond donors (Lipinski definition) is 1. The second-order valence-electron chi connectivity index (χ2n) is 6.50. The van der Waals surface area contributed by atoms with E-state index in [0.717, 1.165) is 48.4 Å². The summed E-state index contributed by atoms with van der Waals surface area (Å²) in [7, 11) is 0. The van der Waals surface area contributed by atoms with Crippen LogP contribution in [0.15, 0.2) is 30.6 Å². The predicted octanol–water partition coefficient (Wildman–Crippen LogP) is 3.04. The van der Waals surface area contributed by atoms with Crippen molar-refractivity contribution in [3.63, 3.8) is 0 Å². The van der Waals surface area contributed by atoms with Gasteiger partial charge in [0.15, 0.2) is 0 Å². The van der Waals surface area contributed by atoms with E-state index in [9.17, 15) is 4.79 Å². The Balaban J connectivity index is 1.70. The molecule has 1 fully saturated rings. The van der Waals surface area contributed by atoms with Crippen molar-refractivity contribution in [2.75, 3.05) is 6.54 Å². The van der Waals surface area contributed by atoms with Gasteiger partial charge in [0.05, 0.1) is 17.9 Å². The molecule has 6 nitrogen and oxygen atoms in total. The van der Waals surface area contributed by atoms with E-state index < -0.39 is 0 Å². The number of rotatable bonds is 2. The first-order valence-electron chi connectivity index (χ1n) is 8.40. The van der Waals surface area contributed by atoms with Crippen molar-refractivity contribution in [1.82, 2.24) is 24.5 Å². The summed E-state index contributed by atoms with van der Waals surface area (Å²) in [6, 6.07) is 5.96. The highest BCUT2D eigenvalue weighted by Crippen LogP contribution is 2.32. The van der Waals surface area contributed by atoms with Crippen LogP contribution in [0, 0.1) is 13.8 Å². The molecule has 1 aliphatic rings. The molecule has 1 N–H and O–H groups in total. The normalized spacial score (nSPS) is 18.2. The van der Waals surface area contributed by atoms with Gasteiger partial charge in [-0.2, -0.15) is 5.10 Å². The quantitative estimate of drug-likeness (QED) is 0.788. The summed E-state index contributed by atoms with van der Waals surface area (Å²) in [6.45, 7) is 4.81. The molecular formula is C18H21N5O. The largest absolute Gasteiger partial charge is 0.329 e. The summed E-state index contributed by atoms with van der Waals surface area (Å²) < 4.78 is 1.97. The number of nitrogens with one attached hydrogen (secondary N) is 1. The first kappa shape index (κ1) is 14.9. The van der Waals surface area contributed by atoms with Crippen LogP contribution in [0.1, 0.15) is 52.7 Å². The molecule has 4 rings (SSSR count). The van der Waals surface area contributed by atoms with Crippen molar-refractivity contribution in [1.29, 1.82) is 0 Å². The van der Waals surface area contributed by atoms with Crippen LogP contribution in [0.5, 0.6) is 0 Å². The van der Waals surface area contributed by atoms with Crippen molar-refractivity contribution in [3.8, 4) is 0 Å². The molecule has 6 heteroatoms. The molecule has 0 aliphatic carbocycles. The number of hydrogen-bond acceptors (Lipinski definition) is 3. The van der Waals surface area contributed by atoms with Crippen LogP contribution < -0.4 is 0 Å². The molecule has 1 aliphatic heterocycles. The van der Waals surface area contributed by atoms with Crippen molar-refractivity contribution < 1.29 is 4.79 Å². The predicted molar refractivity (Wildman–Crippen MR) is 90.9 cm³/mol. The third-order valence-corrected chi connectivity index (χ3v) is 4.88. The lowest BCUT2D eigenvalue weighted by Crippen LogP contribution is -2.39. The highest BCUT2D eigenvalue weighted by molar-refractivity contribution is 5.93. The Morgan fingerprint density at radius 2 is 2.17 bits per heavy atom. The molecule has 3 aromatic heterocycles. The first-order chi connectivity index (χ1) is 11.6. The number of aromatic amines is 1. The second-order valence-corrected chi connectivity index (χ2v) is 6.50. The number of fused-ring (bicyclic) bond motifs is 1. The zero-order chi connectivity index (χ0) is 16.7. The summed E-state index contributed by atoms with van der Waals surface area (Å²) in [4.78, 5) is 19.6. The minimum absolute atomic E-state index is 0.00296. The van der Waals surface area contributed by atoms with Gasteiger partial charge in [-0.05, 0) is 50.8 Å². The van der Waals surface area contributed by atoms with Crippen molar-refractivity contribution in [2.45, 2.75) is 39.2 Å². The molecule has 4 heterocycles. The van der Waals surface area contributed by atoms with Gasteiger partial charge in [0, 0.05) is 18.4 Å². The summed E-state index contributed by atoms with van der Waals surface area (Å²) in [6.07, 6.45) is 6.78. The van der Waals surface area contributed by atoms with E-state index in [0.29, 0.717) is 5.69 Å². The molecular weight excluding hydrogens is 302 g/mol. The lowest BCUT2D eigenvalue weighted by atomic mass is 9.97. The smallest absolute Gasteiger partial charge is 0.274 e. The zero-order valence-electron chi connectivity index (χ0n) is 14.0. The number of imidazole rings is 1. The van der Waals surface area contributed by atoms with Gasteiger partial charge in [0.25, 0.3) is 5.91 Å². The number of carbonyl (C=O) groups is 1. The second kappa shape index (κ2) is 5.78. The number of pyridine rings is 1. The third kappa shape index (κ3) is 2.38. The van der Waals surface area contributed by atoms with Gasteiger partial charge >= 0.3 is 0 Å². The molecule has 0 aromatic carbocycles. The summed E-state index contributed by atoms with van der Waals surface area (Å²) in [5, 5.41) is 7.20. The maximum atomic E-state index is 13.1. The van der Waals surface area contributed by atoms with Crippen molar-refractivity contribution in [2.24, 2.45) is 0 Å². The average Bonchev–Trinajstić information content (AvgIpc) is 3.21. The Morgan fingerprint density at radius 3 is 2.92 bits per heavy atom. The number of aryl methyl sites for hydroxylation is 2. The maximum absolute atomic E-state index is 13.1. The molecule has 124 valence electrons. The summed E-state index contributed by atoms with van der Waals surface area (Å²) in [5.41, 5.74) is 4.53. The maximum Gasteiger partial charge on any atom is 0.274 e. The number of H-pyrrole nitrogens is 1. The Labute approximate surface area is 140 Å². The van der Waals surface area contributed by atoms with Gasteiger partial charge < -0.3 is 9.30 Å². The minimum atomic E-state index is -0.00296. The zero-order valence-corrected chi connectivity index (χ0v) is 14.0. The Kier molecular flexibility index (Phi) is 3.59. The molecule has 3 aromatic rings. The number of amides is 1. The van der Waals surface area contributed by atoms with Gasteiger partial charge in [-0.1, -0.05) is 6.07 Å². The van der Waals surface area contributed by atoms with Crippen LogP contribution in [0.3, 0.4) is 0 Å². The third-order valence-electron chi connectivity index (χ3n) is 4.88. The lowest BCUT2D eigenvalue weighted by molar-refractivity contribution is 0.0600. The highest BCUT2D eigenvalue weighted by Gasteiger charge is 2.31. The highest BCUT2D eigenvalue weighted by atomic mass is 16.2. The van der Waals surface area contributed by atoms with Crippen LogP contribution >= 0.6 is 0 Å². The number of carbonyl (C=O) groups excluding carboxylic acids is 1. The summed E-state index contributed by atoms with van der Waals surface area (Å²) >= 11 is 0. The molecule has 1 saturated heterocycles. The van der Waals surface area contributed by atoms with E-state index in [1.807, 2.05) is 53.7 Å². The fourth-order valence-electron chi connectivity index (χ4n) is 3.57. The number of likely N-dealkylation sites (tertiary alicyclic amines) is 1. The van der Waals surface area contributed by atoms with E-state index in [-0.39, 0.29) is 11.9 Å². The van der Waals surface area contributed by atoms with Crippen LogP contribution in [-0.4, -0.2) is 36.9 Å². The number of piperidine rings is 1. The number of nitrogens with zero attached hydrogens (tertiary/aromatic N) is 4. The van der Waals surface area contributed by atoms with Gasteiger partial charge in [-0.25, -0.2) is 4.98 Å². The van der Waals surface area contributed by atoms with E-state index in [2.05, 4.69) is 15.2 Å². The van der Waals surface area contributed by atoms with Crippen LogP contribution in [0.2, 0.25) is 0 Å². The van der Waals surface area contributed by atoms with Crippen molar-refractivity contribution >= 4 is 11.6 Å². The number of aromatic nitrogens is 4. The van der Waals surface area contributed by atoms with Crippen LogP contribution in [0.4, 0.5) is 0 Å².